The number of amides is 2. The predicted octanol–water partition coefficient (Wildman–Crippen LogP) is 0.203. The minimum absolute atomic E-state index is 0.000946. The molecule has 8 nitrogen and oxygen atoms in total. The quantitative estimate of drug-likeness (QED) is 0.519. The SMILES string of the molecule is CCCC[C@@H]1NC[C@H](C(=O)CN2C[C@H](C(C)=O)NC(=O)[C@H]2Cc2ccccc2)NC1=O. The van der Waals surface area contributed by atoms with Gasteiger partial charge in [0.1, 0.15) is 6.04 Å². The lowest BCUT2D eigenvalue weighted by Crippen LogP contribution is -2.66. The number of hydrogen-bond donors (Lipinski definition) is 3. The molecule has 3 rings (SSSR count). The maximum Gasteiger partial charge on any atom is 0.238 e. The van der Waals surface area contributed by atoms with Gasteiger partial charge in [0.25, 0.3) is 0 Å². The summed E-state index contributed by atoms with van der Waals surface area (Å²) in [5.74, 6) is -0.717. The molecule has 0 bridgehead atoms. The molecule has 2 saturated heterocycles. The zero-order valence-corrected chi connectivity index (χ0v) is 18.2. The summed E-state index contributed by atoms with van der Waals surface area (Å²) in [5.41, 5.74) is 0.979. The van der Waals surface area contributed by atoms with Gasteiger partial charge in [-0.1, -0.05) is 50.1 Å². The summed E-state index contributed by atoms with van der Waals surface area (Å²) in [6.07, 6.45) is 3.14. The Morgan fingerprint density at radius 3 is 2.42 bits per heavy atom. The Bertz CT molecular complexity index is 813. The van der Waals surface area contributed by atoms with E-state index in [1.165, 1.54) is 6.92 Å². The molecule has 0 aliphatic carbocycles. The first-order valence-electron chi connectivity index (χ1n) is 11.0. The van der Waals surface area contributed by atoms with Gasteiger partial charge in [-0.3, -0.25) is 24.1 Å². The average molecular weight is 429 g/mol. The van der Waals surface area contributed by atoms with Gasteiger partial charge < -0.3 is 16.0 Å². The highest BCUT2D eigenvalue weighted by molar-refractivity contribution is 5.95. The van der Waals surface area contributed by atoms with Crippen LogP contribution in [-0.4, -0.2) is 72.1 Å². The van der Waals surface area contributed by atoms with E-state index in [-0.39, 0.29) is 42.5 Å². The molecule has 0 saturated carbocycles. The van der Waals surface area contributed by atoms with Crippen molar-refractivity contribution in [3.8, 4) is 0 Å². The Balaban J connectivity index is 1.67. The van der Waals surface area contributed by atoms with E-state index in [0.29, 0.717) is 13.0 Å². The lowest BCUT2D eigenvalue weighted by atomic mass is 9.97. The van der Waals surface area contributed by atoms with Gasteiger partial charge in [0.2, 0.25) is 11.8 Å². The number of Topliss-reactive ketones (excluding diaryl/α,β-unsaturated/α-hetero) is 2. The van der Waals surface area contributed by atoms with E-state index in [0.717, 1.165) is 24.8 Å². The van der Waals surface area contributed by atoms with Crippen LogP contribution < -0.4 is 16.0 Å². The first kappa shape index (κ1) is 23.1. The van der Waals surface area contributed by atoms with E-state index in [1.807, 2.05) is 30.3 Å². The first-order valence-corrected chi connectivity index (χ1v) is 11.0. The number of rotatable bonds is 9. The van der Waals surface area contributed by atoms with Crippen LogP contribution in [-0.2, 0) is 25.6 Å². The van der Waals surface area contributed by atoms with Crippen molar-refractivity contribution in [2.45, 2.75) is 63.7 Å². The van der Waals surface area contributed by atoms with E-state index in [4.69, 9.17) is 0 Å². The van der Waals surface area contributed by atoms with Crippen molar-refractivity contribution in [1.29, 1.82) is 0 Å². The minimum atomic E-state index is -0.636. The Morgan fingerprint density at radius 1 is 1.06 bits per heavy atom. The van der Waals surface area contributed by atoms with Crippen LogP contribution in [0.25, 0.3) is 0 Å². The van der Waals surface area contributed by atoms with Crippen LogP contribution in [0.5, 0.6) is 0 Å². The number of nitrogens with one attached hydrogen (secondary N) is 3. The number of benzene rings is 1. The van der Waals surface area contributed by atoms with E-state index >= 15 is 0 Å². The Labute approximate surface area is 183 Å². The summed E-state index contributed by atoms with van der Waals surface area (Å²) in [5, 5.41) is 8.78. The third-order valence-electron chi connectivity index (χ3n) is 6.03. The predicted molar refractivity (Wildman–Crippen MR) is 116 cm³/mol. The second-order valence-electron chi connectivity index (χ2n) is 8.44. The highest BCUT2D eigenvalue weighted by atomic mass is 16.2. The molecule has 2 aliphatic rings. The van der Waals surface area contributed by atoms with E-state index in [1.54, 1.807) is 4.90 Å². The Morgan fingerprint density at radius 2 is 1.77 bits per heavy atom. The number of carbonyl (C=O) groups is 4. The van der Waals surface area contributed by atoms with Crippen molar-refractivity contribution in [3.05, 3.63) is 35.9 Å². The summed E-state index contributed by atoms with van der Waals surface area (Å²) in [6, 6.07) is 7.50. The van der Waals surface area contributed by atoms with Crippen molar-refractivity contribution in [2.75, 3.05) is 19.6 Å². The van der Waals surface area contributed by atoms with Crippen molar-refractivity contribution < 1.29 is 19.2 Å². The fourth-order valence-electron chi connectivity index (χ4n) is 4.13. The Kier molecular flexibility index (Phi) is 7.92. The fourth-order valence-corrected chi connectivity index (χ4v) is 4.13. The molecule has 8 heteroatoms. The molecule has 2 fully saturated rings. The lowest BCUT2D eigenvalue weighted by Gasteiger charge is -2.39. The standard InChI is InChI=1S/C23H32N4O4/c1-3-4-10-17-22(30)25-18(12-24-17)21(29)14-27-13-19(15(2)28)26-23(31)20(27)11-16-8-6-5-7-9-16/h5-9,17-20,24H,3-4,10-14H2,1-2H3,(H,25,30)(H,26,31)/t17-,18+,19+,20+/m0/s1. The highest BCUT2D eigenvalue weighted by Gasteiger charge is 2.39. The molecule has 0 spiro atoms. The van der Waals surface area contributed by atoms with Crippen LogP contribution in [0.4, 0.5) is 0 Å². The van der Waals surface area contributed by atoms with Crippen LogP contribution in [0.15, 0.2) is 30.3 Å². The van der Waals surface area contributed by atoms with Gasteiger partial charge in [-0.25, -0.2) is 0 Å². The van der Waals surface area contributed by atoms with Crippen LogP contribution in [0, 0.1) is 0 Å². The second kappa shape index (κ2) is 10.6. The molecule has 1 aromatic rings. The zero-order valence-electron chi connectivity index (χ0n) is 18.2. The minimum Gasteiger partial charge on any atom is -0.344 e. The van der Waals surface area contributed by atoms with E-state index < -0.39 is 18.1 Å². The van der Waals surface area contributed by atoms with E-state index in [9.17, 15) is 19.2 Å². The summed E-state index contributed by atoms with van der Waals surface area (Å²) in [6.45, 7) is 4.16. The number of unbranched alkanes of at least 4 members (excludes halogenated alkanes) is 1. The molecule has 168 valence electrons. The summed E-state index contributed by atoms with van der Waals surface area (Å²) in [4.78, 5) is 51.8. The molecular weight excluding hydrogens is 396 g/mol. The smallest absolute Gasteiger partial charge is 0.238 e. The largest absolute Gasteiger partial charge is 0.344 e. The summed E-state index contributed by atoms with van der Waals surface area (Å²) in [7, 11) is 0. The van der Waals surface area contributed by atoms with Crippen LogP contribution in [0.3, 0.4) is 0 Å². The van der Waals surface area contributed by atoms with Crippen molar-refractivity contribution in [2.24, 2.45) is 0 Å². The zero-order chi connectivity index (χ0) is 22.4. The van der Waals surface area contributed by atoms with Gasteiger partial charge in [0, 0.05) is 13.1 Å². The molecular formula is C23H32N4O4. The summed E-state index contributed by atoms with van der Waals surface area (Å²) < 4.78 is 0. The normalized spacial score (nSPS) is 26.8. The molecule has 0 unspecified atom stereocenters. The monoisotopic (exact) mass is 428 g/mol. The molecule has 0 aromatic heterocycles. The number of hydrogen-bond acceptors (Lipinski definition) is 6. The topological polar surface area (TPSA) is 108 Å². The highest BCUT2D eigenvalue weighted by Crippen LogP contribution is 2.16. The first-order chi connectivity index (χ1) is 14.9. The van der Waals surface area contributed by atoms with Gasteiger partial charge >= 0.3 is 0 Å². The maximum absolute atomic E-state index is 13.0. The fraction of sp³-hybridized carbons (Fsp3) is 0.565. The van der Waals surface area contributed by atoms with E-state index in [2.05, 4.69) is 22.9 Å². The summed E-state index contributed by atoms with van der Waals surface area (Å²) >= 11 is 0. The van der Waals surface area contributed by atoms with Gasteiger partial charge in [-0.15, -0.1) is 0 Å². The second-order valence-corrected chi connectivity index (χ2v) is 8.44. The third kappa shape index (κ3) is 5.98. The van der Waals surface area contributed by atoms with Crippen molar-refractivity contribution in [1.82, 2.24) is 20.9 Å². The molecule has 31 heavy (non-hydrogen) atoms. The average Bonchev–Trinajstić information content (AvgIpc) is 2.75. The van der Waals surface area contributed by atoms with Crippen molar-refractivity contribution >= 4 is 23.4 Å². The molecule has 3 N–H and O–H groups in total. The molecule has 0 radical (unpaired) electrons. The van der Waals surface area contributed by atoms with Gasteiger partial charge in [-0.2, -0.15) is 0 Å². The number of carbonyl (C=O) groups excluding carboxylic acids is 4. The van der Waals surface area contributed by atoms with Crippen LogP contribution in [0.1, 0.15) is 38.7 Å². The lowest BCUT2D eigenvalue weighted by molar-refractivity contribution is -0.138. The molecule has 2 amide bonds. The molecule has 1 aromatic carbocycles. The van der Waals surface area contributed by atoms with Gasteiger partial charge in [-0.05, 0) is 25.3 Å². The molecule has 4 atom stereocenters. The van der Waals surface area contributed by atoms with Crippen LogP contribution >= 0.6 is 0 Å². The maximum atomic E-state index is 13.0. The van der Waals surface area contributed by atoms with Crippen molar-refractivity contribution in [3.63, 3.8) is 0 Å². The third-order valence-corrected chi connectivity index (χ3v) is 6.03. The number of nitrogens with zero attached hydrogens (tertiary/aromatic N) is 1. The van der Waals surface area contributed by atoms with Crippen LogP contribution in [0.2, 0.25) is 0 Å². The van der Waals surface area contributed by atoms with Gasteiger partial charge in [0.05, 0.1) is 24.7 Å². The van der Waals surface area contributed by atoms with Gasteiger partial charge in [0.15, 0.2) is 11.6 Å². The molecule has 2 heterocycles. The number of piperazine rings is 2. The molecule has 2 aliphatic heterocycles. The Hall–Kier alpha value is -2.58. The number of ketones is 2.